The highest BCUT2D eigenvalue weighted by atomic mass is 32.2. The van der Waals surface area contributed by atoms with Crippen molar-refractivity contribution in [1.82, 2.24) is 10.2 Å². The molecule has 180 valence electrons. The van der Waals surface area contributed by atoms with Crippen molar-refractivity contribution in [2.75, 3.05) is 13.7 Å². The molecule has 8 nitrogen and oxygen atoms in total. The van der Waals surface area contributed by atoms with E-state index in [1.165, 1.54) is 25.0 Å². The van der Waals surface area contributed by atoms with E-state index in [1.807, 2.05) is 30.3 Å². The predicted octanol–water partition coefficient (Wildman–Crippen LogP) is 2.60. The van der Waals surface area contributed by atoms with Gasteiger partial charge in [0.05, 0.1) is 24.9 Å². The molecule has 0 radical (unpaired) electrons. The number of amides is 2. The van der Waals surface area contributed by atoms with Crippen molar-refractivity contribution >= 4 is 34.7 Å². The summed E-state index contributed by atoms with van der Waals surface area (Å²) in [5.41, 5.74) is 1.43. The van der Waals surface area contributed by atoms with Gasteiger partial charge in [-0.25, -0.2) is 4.79 Å². The number of methoxy groups -OCH3 is 1. The molecule has 0 aliphatic carbocycles. The van der Waals surface area contributed by atoms with Crippen LogP contribution in [-0.4, -0.2) is 57.9 Å². The molecule has 1 aliphatic heterocycles. The van der Waals surface area contributed by atoms with Crippen LogP contribution in [0.25, 0.3) is 0 Å². The van der Waals surface area contributed by atoms with Crippen LogP contribution < -0.4 is 5.32 Å². The maximum Gasteiger partial charge on any atom is 0.328 e. The van der Waals surface area contributed by atoms with Crippen LogP contribution in [0.1, 0.15) is 36.9 Å². The van der Waals surface area contributed by atoms with E-state index in [1.54, 1.807) is 18.2 Å². The van der Waals surface area contributed by atoms with Crippen LogP contribution >= 0.6 is 11.8 Å². The van der Waals surface area contributed by atoms with E-state index >= 15 is 0 Å². The van der Waals surface area contributed by atoms with Gasteiger partial charge in [-0.05, 0) is 30.9 Å². The summed E-state index contributed by atoms with van der Waals surface area (Å²) >= 11 is 0.912. The first-order chi connectivity index (χ1) is 16.3. The van der Waals surface area contributed by atoms with E-state index in [2.05, 4.69) is 5.32 Å². The standard InChI is InChI=1S/C25H28N2O6S/c1-16(28)34-22(14-17-8-4-3-5-9-17)24(31)26-15-23(30)27-19(12-13-20(27)25(32)33-2)18-10-6-7-11-21(18)29/h3-11,19-20,22,29H,12-15H2,1-2H3,(H,26,31)/t19?,20-,22?/m0/s1. The van der Waals surface area contributed by atoms with Gasteiger partial charge in [0.2, 0.25) is 11.8 Å². The van der Waals surface area contributed by atoms with Crippen LogP contribution in [-0.2, 0) is 30.3 Å². The molecule has 0 bridgehead atoms. The van der Waals surface area contributed by atoms with Crippen molar-refractivity contribution < 1.29 is 29.0 Å². The molecular weight excluding hydrogens is 456 g/mol. The second kappa shape index (κ2) is 11.7. The highest BCUT2D eigenvalue weighted by Crippen LogP contribution is 2.40. The Morgan fingerprint density at radius 1 is 1.09 bits per heavy atom. The molecule has 0 saturated carbocycles. The molecule has 3 rings (SSSR count). The molecule has 1 fully saturated rings. The minimum absolute atomic E-state index is 0.0284. The fourth-order valence-electron chi connectivity index (χ4n) is 4.19. The highest BCUT2D eigenvalue weighted by Gasteiger charge is 2.43. The molecule has 9 heteroatoms. The number of ether oxygens (including phenoxy) is 1. The van der Waals surface area contributed by atoms with E-state index in [-0.39, 0.29) is 17.4 Å². The number of esters is 1. The molecular formula is C25H28N2O6S. The Kier molecular flexibility index (Phi) is 8.70. The Labute approximate surface area is 202 Å². The SMILES string of the molecule is COC(=O)[C@@H]1CCC(c2ccccc2O)N1C(=O)CNC(=O)C(Cc1ccccc1)SC(C)=O. The number of hydrogen-bond acceptors (Lipinski definition) is 7. The first-order valence-corrected chi connectivity index (χ1v) is 11.9. The second-order valence-corrected chi connectivity index (χ2v) is 9.38. The number of nitrogens with zero attached hydrogens (tertiary/aromatic N) is 1. The Hall–Kier alpha value is -3.33. The summed E-state index contributed by atoms with van der Waals surface area (Å²) in [5.74, 6) is -1.43. The van der Waals surface area contributed by atoms with E-state index < -0.39 is 35.1 Å². The van der Waals surface area contributed by atoms with Gasteiger partial charge in [0.15, 0.2) is 5.12 Å². The number of likely N-dealkylation sites (tertiary alicyclic amines) is 1. The number of thioether (sulfide) groups is 1. The van der Waals surface area contributed by atoms with Gasteiger partial charge in [0, 0.05) is 12.5 Å². The molecule has 1 saturated heterocycles. The monoisotopic (exact) mass is 484 g/mol. The van der Waals surface area contributed by atoms with Crippen LogP contribution in [0.2, 0.25) is 0 Å². The summed E-state index contributed by atoms with van der Waals surface area (Å²) in [6.45, 7) is 1.05. The number of benzene rings is 2. The lowest BCUT2D eigenvalue weighted by Crippen LogP contribution is -2.48. The van der Waals surface area contributed by atoms with Gasteiger partial charge in [-0.3, -0.25) is 14.4 Å². The van der Waals surface area contributed by atoms with Crippen molar-refractivity contribution in [3.8, 4) is 5.75 Å². The van der Waals surface area contributed by atoms with Crippen LogP contribution in [0, 0.1) is 0 Å². The maximum absolute atomic E-state index is 13.2. The Morgan fingerprint density at radius 3 is 2.41 bits per heavy atom. The molecule has 2 aromatic carbocycles. The van der Waals surface area contributed by atoms with Crippen LogP contribution in [0.4, 0.5) is 0 Å². The smallest absolute Gasteiger partial charge is 0.328 e. The molecule has 3 atom stereocenters. The maximum atomic E-state index is 13.2. The number of nitrogens with one attached hydrogen (secondary N) is 1. The van der Waals surface area contributed by atoms with Gasteiger partial charge in [0.1, 0.15) is 11.8 Å². The average molecular weight is 485 g/mol. The zero-order valence-corrected chi connectivity index (χ0v) is 19.9. The van der Waals surface area contributed by atoms with Crippen LogP contribution in [0.15, 0.2) is 54.6 Å². The number of carbonyl (C=O) groups excluding carboxylic acids is 4. The Balaban J connectivity index is 1.74. The molecule has 2 unspecified atom stereocenters. The van der Waals surface area contributed by atoms with E-state index in [0.29, 0.717) is 24.8 Å². The van der Waals surface area contributed by atoms with Gasteiger partial charge in [-0.15, -0.1) is 0 Å². The molecule has 0 spiro atoms. The van der Waals surface area contributed by atoms with Crippen molar-refractivity contribution in [3.05, 3.63) is 65.7 Å². The largest absolute Gasteiger partial charge is 0.508 e. The fraction of sp³-hybridized carbons (Fsp3) is 0.360. The van der Waals surface area contributed by atoms with Gasteiger partial charge < -0.3 is 20.1 Å². The third-order valence-electron chi connectivity index (χ3n) is 5.72. The summed E-state index contributed by atoms with van der Waals surface area (Å²) < 4.78 is 4.88. The molecule has 2 N–H and O–H groups in total. The highest BCUT2D eigenvalue weighted by molar-refractivity contribution is 8.14. The lowest BCUT2D eigenvalue weighted by molar-refractivity contribution is -0.152. The zero-order chi connectivity index (χ0) is 24.7. The van der Waals surface area contributed by atoms with Crippen LogP contribution in [0.3, 0.4) is 0 Å². The number of rotatable bonds is 8. The number of para-hydroxylation sites is 1. The minimum atomic E-state index is -0.814. The summed E-state index contributed by atoms with van der Waals surface area (Å²) in [4.78, 5) is 51.6. The second-order valence-electron chi connectivity index (χ2n) is 8.00. The van der Waals surface area contributed by atoms with Crippen molar-refractivity contribution in [2.24, 2.45) is 0 Å². The van der Waals surface area contributed by atoms with E-state index in [0.717, 1.165) is 17.3 Å². The van der Waals surface area contributed by atoms with Crippen molar-refractivity contribution in [2.45, 2.75) is 43.5 Å². The summed E-state index contributed by atoms with van der Waals surface area (Å²) in [6.07, 6.45) is 1.18. The molecule has 1 aliphatic rings. The van der Waals surface area contributed by atoms with Crippen molar-refractivity contribution in [3.63, 3.8) is 0 Å². The number of carbonyl (C=O) groups is 4. The van der Waals surface area contributed by atoms with Crippen molar-refractivity contribution in [1.29, 1.82) is 0 Å². The van der Waals surface area contributed by atoms with Gasteiger partial charge >= 0.3 is 5.97 Å². The number of phenols is 1. The normalized spacial score (nSPS) is 18.2. The number of phenolic OH excluding ortho intramolecular Hbond substituents is 1. The molecule has 2 aromatic rings. The lowest BCUT2D eigenvalue weighted by Gasteiger charge is -2.30. The fourth-order valence-corrected chi connectivity index (χ4v) is 5.05. The molecule has 34 heavy (non-hydrogen) atoms. The topological polar surface area (TPSA) is 113 Å². The third-order valence-corrected chi connectivity index (χ3v) is 6.72. The lowest BCUT2D eigenvalue weighted by atomic mass is 10.0. The Bertz CT molecular complexity index is 1040. The van der Waals surface area contributed by atoms with Gasteiger partial charge in [-0.2, -0.15) is 0 Å². The van der Waals surface area contributed by atoms with E-state index in [9.17, 15) is 24.3 Å². The van der Waals surface area contributed by atoms with E-state index in [4.69, 9.17) is 4.74 Å². The predicted molar refractivity (Wildman–Crippen MR) is 128 cm³/mol. The Morgan fingerprint density at radius 2 is 1.76 bits per heavy atom. The average Bonchev–Trinajstić information content (AvgIpc) is 3.27. The first-order valence-electron chi connectivity index (χ1n) is 11.0. The van der Waals surface area contributed by atoms with Gasteiger partial charge in [0.25, 0.3) is 0 Å². The molecule has 0 aromatic heterocycles. The molecule has 1 heterocycles. The first kappa shape index (κ1) is 25.3. The van der Waals surface area contributed by atoms with Crippen LogP contribution in [0.5, 0.6) is 5.75 Å². The zero-order valence-electron chi connectivity index (χ0n) is 19.1. The quantitative estimate of drug-likeness (QED) is 0.554. The number of aromatic hydroxyl groups is 1. The third kappa shape index (κ3) is 6.17. The number of hydrogen-bond donors (Lipinski definition) is 2. The summed E-state index contributed by atoms with van der Waals surface area (Å²) in [7, 11) is 1.26. The summed E-state index contributed by atoms with van der Waals surface area (Å²) in [6, 6.07) is 14.6. The minimum Gasteiger partial charge on any atom is -0.508 e. The van der Waals surface area contributed by atoms with Gasteiger partial charge in [-0.1, -0.05) is 60.3 Å². The molecule has 2 amide bonds. The summed E-state index contributed by atoms with van der Waals surface area (Å²) in [5, 5.41) is 12.0.